The van der Waals surface area contributed by atoms with Crippen molar-refractivity contribution in [3.8, 4) is 0 Å². The van der Waals surface area contributed by atoms with Crippen LogP contribution in [0.4, 0.5) is 0 Å². The molecule has 4 aliphatic carbocycles. The molecule has 210 valence electrons. The van der Waals surface area contributed by atoms with Crippen molar-refractivity contribution in [3.05, 3.63) is 148 Å². The maximum Gasteiger partial charge on any atom is 0.0209 e. The van der Waals surface area contributed by atoms with E-state index in [0.29, 0.717) is 5.92 Å². The second kappa shape index (κ2) is 12.6. The summed E-state index contributed by atoms with van der Waals surface area (Å²) >= 11 is 0. The minimum atomic E-state index is 0.263. The van der Waals surface area contributed by atoms with Crippen LogP contribution in [0.1, 0.15) is 82.5 Å². The van der Waals surface area contributed by atoms with E-state index >= 15 is 0 Å². The first-order valence-electron chi connectivity index (χ1n) is 15.6. The Bertz CT molecular complexity index is 1420. The molecule has 4 aromatic rings. The Hall–Kier alpha value is -3.46. The topological polar surface area (TPSA) is 24.1 Å². The largest absolute Gasteiger partial charge is 0.320 e. The van der Waals surface area contributed by atoms with Gasteiger partial charge in [0.05, 0.1) is 0 Å². The van der Waals surface area contributed by atoms with Crippen LogP contribution in [0, 0.1) is 0 Å². The van der Waals surface area contributed by atoms with Gasteiger partial charge in [0.2, 0.25) is 0 Å². The SMILES string of the molecule is CNCCC=C1c2ccccc2CCc2ccccc21.CNCCCC12CCC(c3ccccc31)c1ccccc12. The van der Waals surface area contributed by atoms with Gasteiger partial charge in [0.15, 0.2) is 0 Å². The first-order chi connectivity index (χ1) is 20.3. The lowest BCUT2D eigenvalue weighted by Gasteiger charge is -2.50. The van der Waals surface area contributed by atoms with Gasteiger partial charge in [-0.25, -0.2) is 0 Å². The molecule has 0 amide bonds. The second-order valence-electron chi connectivity index (χ2n) is 11.9. The molecule has 0 atom stereocenters. The molecule has 2 nitrogen and oxygen atoms in total. The maximum absolute atomic E-state index is 3.31. The standard InChI is InChI=1S/C20H23N.C19H21N/c1-21-14-6-12-20-13-11-15(16-7-2-4-9-18(16)20)17-8-3-5-10-19(17)20;1-20-14-6-11-19-17-9-4-2-7-15(17)12-13-16-8-3-5-10-18(16)19/h2-5,7-10,15,21H,6,11-14H2,1H3;2-5,7-11,20H,6,12-14H2,1H3. The lowest BCUT2D eigenvalue weighted by molar-refractivity contribution is 0.341. The Labute approximate surface area is 246 Å². The van der Waals surface area contributed by atoms with Crippen LogP contribution in [0.25, 0.3) is 5.57 Å². The van der Waals surface area contributed by atoms with Gasteiger partial charge in [-0.3, -0.25) is 0 Å². The fourth-order valence-corrected chi connectivity index (χ4v) is 7.72. The summed E-state index contributed by atoms with van der Waals surface area (Å²) < 4.78 is 0. The van der Waals surface area contributed by atoms with Crippen LogP contribution >= 0.6 is 0 Å². The Balaban J connectivity index is 0.000000148. The zero-order valence-corrected chi connectivity index (χ0v) is 24.8. The van der Waals surface area contributed by atoms with E-state index in [1.54, 1.807) is 22.3 Å². The number of hydrogen-bond donors (Lipinski definition) is 2. The van der Waals surface area contributed by atoms with Crippen molar-refractivity contribution < 1.29 is 0 Å². The van der Waals surface area contributed by atoms with E-state index in [1.807, 2.05) is 7.05 Å². The van der Waals surface area contributed by atoms with Crippen molar-refractivity contribution in [2.75, 3.05) is 27.2 Å². The molecule has 4 aromatic carbocycles. The molecule has 0 aromatic heterocycles. The van der Waals surface area contributed by atoms with Crippen molar-refractivity contribution in [1.29, 1.82) is 0 Å². The molecular weight excluding hydrogens is 496 g/mol. The van der Waals surface area contributed by atoms with Gasteiger partial charge in [0.1, 0.15) is 0 Å². The highest BCUT2D eigenvalue weighted by atomic mass is 14.8. The van der Waals surface area contributed by atoms with Crippen LogP contribution in [0.15, 0.2) is 103 Å². The van der Waals surface area contributed by atoms with Gasteiger partial charge in [-0.1, -0.05) is 103 Å². The maximum atomic E-state index is 3.31. The molecule has 41 heavy (non-hydrogen) atoms. The van der Waals surface area contributed by atoms with E-state index in [4.69, 9.17) is 0 Å². The van der Waals surface area contributed by atoms with Crippen molar-refractivity contribution >= 4 is 5.57 Å². The van der Waals surface area contributed by atoms with E-state index in [9.17, 15) is 0 Å². The average Bonchev–Trinajstić information content (AvgIpc) is 3.19. The number of nitrogens with one attached hydrogen (secondary N) is 2. The molecule has 0 fully saturated rings. The second-order valence-corrected chi connectivity index (χ2v) is 11.9. The normalized spacial score (nSPS) is 19.6. The Morgan fingerprint density at radius 1 is 0.683 bits per heavy atom. The van der Waals surface area contributed by atoms with Crippen LogP contribution in [-0.2, 0) is 18.3 Å². The van der Waals surface area contributed by atoms with E-state index in [-0.39, 0.29) is 5.41 Å². The molecule has 8 rings (SSSR count). The van der Waals surface area contributed by atoms with Crippen LogP contribution in [0.5, 0.6) is 0 Å². The van der Waals surface area contributed by atoms with E-state index in [1.165, 1.54) is 53.5 Å². The number of aryl methyl sites for hydroxylation is 2. The monoisotopic (exact) mass is 540 g/mol. The molecule has 0 saturated carbocycles. The third-order valence-corrected chi connectivity index (χ3v) is 9.62. The summed E-state index contributed by atoms with van der Waals surface area (Å²) in [5, 5.41) is 6.54. The zero-order valence-electron chi connectivity index (χ0n) is 24.8. The molecule has 0 heterocycles. The van der Waals surface area contributed by atoms with E-state index < -0.39 is 0 Å². The first-order valence-corrected chi connectivity index (χ1v) is 15.6. The summed E-state index contributed by atoms with van der Waals surface area (Å²) in [5.41, 5.74) is 13.8. The number of benzene rings is 4. The van der Waals surface area contributed by atoms with Crippen LogP contribution < -0.4 is 10.6 Å². The summed E-state index contributed by atoms with van der Waals surface area (Å²) in [5.74, 6) is 0.628. The lowest BCUT2D eigenvalue weighted by Crippen LogP contribution is -2.40. The minimum Gasteiger partial charge on any atom is -0.320 e. The molecule has 0 saturated heterocycles. The van der Waals surface area contributed by atoms with E-state index in [2.05, 4.69) is 121 Å². The van der Waals surface area contributed by atoms with Gasteiger partial charge in [-0.2, -0.15) is 0 Å². The van der Waals surface area contributed by atoms with Crippen molar-refractivity contribution in [1.82, 2.24) is 10.6 Å². The molecule has 0 unspecified atom stereocenters. The van der Waals surface area contributed by atoms with Gasteiger partial charge >= 0.3 is 0 Å². The van der Waals surface area contributed by atoms with Gasteiger partial charge in [0, 0.05) is 11.3 Å². The summed E-state index contributed by atoms with van der Waals surface area (Å²) in [7, 11) is 4.06. The third-order valence-electron chi connectivity index (χ3n) is 9.62. The number of rotatable bonds is 7. The van der Waals surface area contributed by atoms with Crippen molar-refractivity contribution in [2.24, 2.45) is 0 Å². The van der Waals surface area contributed by atoms with Crippen LogP contribution in [0.3, 0.4) is 0 Å². The highest BCUT2D eigenvalue weighted by Gasteiger charge is 2.47. The predicted octanol–water partition coefficient (Wildman–Crippen LogP) is 8.04. The highest BCUT2D eigenvalue weighted by Crippen LogP contribution is 2.57. The molecule has 2 heteroatoms. The van der Waals surface area contributed by atoms with Crippen molar-refractivity contribution in [2.45, 2.75) is 56.3 Å². The van der Waals surface area contributed by atoms with Gasteiger partial charge in [-0.05, 0) is 122 Å². The summed E-state index contributed by atoms with van der Waals surface area (Å²) in [6, 6.07) is 36.1. The van der Waals surface area contributed by atoms with Crippen LogP contribution in [0.2, 0.25) is 0 Å². The quantitative estimate of drug-likeness (QED) is 0.232. The smallest absolute Gasteiger partial charge is 0.0209 e. The fourth-order valence-electron chi connectivity index (χ4n) is 7.72. The molecule has 0 spiro atoms. The molecule has 0 radical (unpaired) electrons. The lowest BCUT2D eigenvalue weighted by atomic mass is 9.54. The number of fused-ring (bicyclic) bond motifs is 3. The minimum absolute atomic E-state index is 0.263. The van der Waals surface area contributed by atoms with Crippen molar-refractivity contribution in [3.63, 3.8) is 0 Å². The third kappa shape index (κ3) is 5.32. The Kier molecular flexibility index (Phi) is 8.51. The van der Waals surface area contributed by atoms with Gasteiger partial charge < -0.3 is 10.6 Å². The Morgan fingerprint density at radius 3 is 1.80 bits per heavy atom. The molecular formula is C39H44N2. The average molecular weight is 541 g/mol. The predicted molar refractivity (Wildman–Crippen MR) is 174 cm³/mol. The summed E-state index contributed by atoms with van der Waals surface area (Å²) in [6.07, 6.45) is 10.8. The fraction of sp³-hybridized carbons (Fsp3) is 0.333. The summed E-state index contributed by atoms with van der Waals surface area (Å²) in [6.45, 7) is 2.13. The summed E-state index contributed by atoms with van der Waals surface area (Å²) in [4.78, 5) is 0. The first kappa shape index (κ1) is 27.7. The van der Waals surface area contributed by atoms with Gasteiger partial charge in [-0.15, -0.1) is 0 Å². The van der Waals surface area contributed by atoms with Crippen LogP contribution in [-0.4, -0.2) is 27.2 Å². The van der Waals surface area contributed by atoms with E-state index in [0.717, 1.165) is 32.4 Å². The van der Waals surface area contributed by atoms with Gasteiger partial charge in [0.25, 0.3) is 0 Å². The molecule has 2 N–H and O–H groups in total. The molecule has 0 aliphatic heterocycles. The molecule has 2 bridgehead atoms. The number of hydrogen-bond acceptors (Lipinski definition) is 2. The Morgan fingerprint density at radius 2 is 1.22 bits per heavy atom. The molecule has 4 aliphatic rings. The highest BCUT2D eigenvalue weighted by molar-refractivity contribution is 5.83. The zero-order chi connectivity index (χ0) is 28.1.